The van der Waals surface area contributed by atoms with Gasteiger partial charge in [-0.25, -0.2) is 0 Å². The van der Waals surface area contributed by atoms with Crippen molar-refractivity contribution in [2.75, 3.05) is 44.0 Å². The first-order valence-electron chi connectivity index (χ1n) is 8.44. The SMILES string of the molecule is CNc1snc(C)c1C(=O)NC[C@@H]1CCN(c2ccccc2OC)C1. The zero-order valence-corrected chi connectivity index (χ0v) is 15.7. The van der Waals surface area contributed by atoms with Gasteiger partial charge in [0.25, 0.3) is 5.91 Å². The highest BCUT2D eigenvalue weighted by Crippen LogP contribution is 2.32. The molecular formula is C18H24N4O2S. The molecule has 1 aliphatic heterocycles. The third kappa shape index (κ3) is 3.71. The maximum Gasteiger partial charge on any atom is 0.256 e. The molecule has 3 rings (SSSR count). The summed E-state index contributed by atoms with van der Waals surface area (Å²) in [6, 6.07) is 8.07. The van der Waals surface area contributed by atoms with Crippen LogP contribution in [-0.4, -0.2) is 44.1 Å². The number of aryl methyl sites for hydroxylation is 1. The highest BCUT2D eigenvalue weighted by molar-refractivity contribution is 7.10. The number of hydrogen-bond donors (Lipinski definition) is 2. The molecule has 7 heteroatoms. The number of rotatable bonds is 6. The highest BCUT2D eigenvalue weighted by Gasteiger charge is 2.26. The van der Waals surface area contributed by atoms with E-state index in [1.807, 2.05) is 32.2 Å². The third-order valence-electron chi connectivity index (χ3n) is 4.58. The number of para-hydroxylation sites is 2. The molecule has 0 aliphatic carbocycles. The lowest BCUT2D eigenvalue weighted by molar-refractivity contribution is 0.0948. The van der Waals surface area contributed by atoms with Crippen LogP contribution in [0, 0.1) is 12.8 Å². The monoisotopic (exact) mass is 360 g/mol. The number of aromatic nitrogens is 1. The molecule has 1 atom stereocenters. The van der Waals surface area contributed by atoms with Gasteiger partial charge in [0.1, 0.15) is 10.8 Å². The Labute approximate surface area is 152 Å². The Balaban J connectivity index is 1.58. The van der Waals surface area contributed by atoms with Crippen molar-refractivity contribution in [2.24, 2.45) is 5.92 Å². The summed E-state index contributed by atoms with van der Waals surface area (Å²) in [6.07, 6.45) is 1.05. The fourth-order valence-corrected chi connectivity index (χ4v) is 3.98. The van der Waals surface area contributed by atoms with E-state index in [0.717, 1.165) is 41.6 Å². The third-order valence-corrected chi connectivity index (χ3v) is 5.54. The molecule has 1 saturated heterocycles. The number of nitrogens with zero attached hydrogens (tertiary/aromatic N) is 2. The van der Waals surface area contributed by atoms with Crippen LogP contribution in [0.15, 0.2) is 24.3 Å². The number of ether oxygens (including phenoxy) is 1. The van der Waals surface area contributed by atoms with E-state index in [0.29, 0.717) is 18.0 Å². The van der Waals surface area contributed by atoms with Crippen molar-refractivity contribution in [1.29, 1.82) is 0 Å². The van der Waals surface area contributed by atoms with E-state index < -0.39 is 0 Å². The maximum absolute atomic E-state index is 12.5. The van der Waals surface area contributed by atoms with Crippen molar-refractivity contribution in [3.8, 4) is 5.75 Å². The average molecular weight is 360 g/mol. The van der Waals surface area contributed by atoms with Crippen LogP contribution in [0.2, 0.25) is 0 Å². The van der Waals surface area contributed by atoms with Crippen molar-refractivity contribution in [3.05, 3.63) is 35.5 Å². The van der Waals surface area contributed by atoms with Crippen LogP contribution in [0.3, 0.4) is 0 Å². The van der Waals surface area contributed by atoms with Gasteiger partial charge in [-0.15, -0.1) is 0 Å². The lowest BCUT2D eigenvalue weighted by Crippen LogP contribution is -2.31. The molecule has 1 fully saturated rings. The van der Waals surface area contributed by atoms with E-state index in [-0.39, 0.29) is 5.91 Å². The van der Waals surface area contributed by atoms with Crippen LogP contribution < -0.4 is 20.3 Å². The van der Waals surface area contributed by atoms with Gasteiger partial charge in [-0.05, 0) is 42.9 Å². The van der Waals surface area contributed by atoms with Crippen LogP contribution in [0.1, 0.15) is 22.5 Å². The first kappa shape index (κ1) is 17.5. The Kier molecular flexibility index (Phi) is 5.43. The van der Waals surface area contributed by atoms with Gasteiger partial charge in [0, 0.05) is 26.7 Å². The number of amides is 1. The summed E-state index contributed by atoms with van der Waals surface area (Å²) in [4.78, 5) is 14.8. The number of hydrogen-bond acceptors (Lipinski definition) is 6. The molecule has 6 nitrogen and oxygen atoms in total. The lowest BCUT2D eigenvalue weighted by Gasteiger charge is -2.21. The molecule has 0 bridgehead atoms. The summed E-state index contributed by atoms with van der Waals surface area (Å²) in [7, 11) is 3.51. The number of methoxy groups -OCH3 is 1. The molecule has 1 amide bonds. The van der Waals surface area contributed by atoms with Gasteiger partial charge in [-0.3, -0.25) is 4.79 Å². The second-order valence-corrected chi connectivity index (χ2v) is 6.98. The molecule has 134 valence electrons. The van der Waals surface area contributed by atoms with Crippen molar-refractivity contribution < 1.29 is 9.53 Å². The number of anilines is 2. The zero-order chi connectivity index (χ0) is 17.8. The topological polar surface area (TPSA) is 66.5 Å². The molecule has 2 heterocycles. The van der Waals surface area contributed by atoms with Gasteiger partial charge in [0.05, 0.1) is 24.1 Å². The van der Waals surface area contributed by atoms with Crippen molar-refractivity contribution in [1.82, 2.24) is 9.69 Å². The van der Waals surface area contributed by atoms with E-state index in [1.165, 1.54) is 11.5 Å². The fraction of sp³-hybridized carbons (Fsp3) is 0.444. The van der Waals surface area contributed by atoms with Crippen molar-refractivity contribution >= 4 is 28.1 Å². The molecule has 0 radical (unpaired) electrons. The molecule has 0 saturated carbocycles. The number of nitrogens with one attached hydrogen (secondary N) is 2. The minimum Gasteiger partial charge on any atom is -0.495 e. The predicted molar refractivity (Wildman–Crippen MR) is 102 cm³/mol. The summed E-state index contributed by atoms with van der Waals surface area (Å²) in [5.74, 6) is 1.27. The largest absolute Gasteiger partial charge is 0.495 e. The molecule has 0 unspecified atom stereocenters. The Morgan fingerprint density at radius 2 is 2.24 bits per heavy atom. The van der Waals surface area contributed by atoms with Crippen molar-refractivity contribution in [2.45, 2.75) is 13.3 Å². The number of carbonyl (C=O) groups is 1. The average Bonchev–Trinajstić information content (AvgIpc) is 3.26. The fourth-order valence-electron chi connectivity index (χ4n) is 3.24. The lowest BCUT2D eigenvalue weighted by atomic mass is 10.1. The summed E-state index contributed by atoms with van der Waals surface area (Å²) >= 11 is 1.32. The van der Waals surface area contributed by atoms with E-state index in [9.17, 15) is 4.79 Å². The van der Waals surface area contributed by atoms with Gasteiger partial charge in [-0.1, -0.05) is 12.1 Å². The molecule has 1 aromatic heterocycles. The quantitative estimate of drug-likeness (QED) is 0.829. The Morgan fingerprint density at radius 3 is 3.00 bits per heavy atom. The smallest absolute Gasteiger partial charge is 0.256 e. The molecular weight excluding hydrogens is 336 g/mol. The first-order valence-corrected chi connectivity index (χ1v) is 9.21. The number of carbonyl (C=O) groups excluding carboxylic acids is 1. The van der Waals surface area contributed by atoms with Gasteiger partial charge >= 0.3 is 0 Å². The van der Waals surface area contributed by atoms with Crippen molar-refractivity contribution in [3.63, 3.8) is 0 Å². The summed E-state index contributed by atoms with van der Waals surface area (Å²) < 4.78 is 9.71. The van der Waals surface area contributed by atoms with Crippen LogP contribution in [-0.2, 0) is 0 Å². The molecule has 2 N–H and O–H groups in total. The van der Waals surface area contributed by atoms with Gasteiger partial charge in [0.2, 0.25) is 0 Å². The highest BCUT2D eigenvalue weighted by atomic mass is 32.1. The normalized spacial score (nSPS) is 16.8. The Morgan fingerprint density at radius 1 is 1.44 bits per heavy atom. The van der Waals surface area contributed by atoms with Crippen LogP contribution >= 0.6 is 11.5 Å². The minimum atomic E-state index is -0.0497. The van der Waals surface area contributed by atoms with Crippen LogP contribution in [0.4, 0.5) is 10.7 Å². The second kappa shape index (κ2) is 7.74. The number of benzene rings is 1. The molecule has 25 heavy (non-hydrogen) atoms. The standard InChI is InChI=1S/C18H24N4O2S/c1-12-16(18(19-2)25-21-12)17(23)20-10-13-8-9-22(11-13)14-6-4-5-7-15(14)24-3/h4-7,13,19H,8-11H2,1-3H3,(H,20,23)/t13-/m0/s1. The van der Waals surface area contributed by atoms with E-state index in [4.69, 9.17) is 4.74 Å². The van der Waals surface area contributed by atoms with E-state index >= 15 is 0 Å². The Bertz CT molecular complexity index is 746. The molecule has 2 aromatic rings. The van der Waals surface area contributed by atoms with Gasteiger partial charge in [0.15, 0.2) is 0 Å². The Hall–Kier alpha value is -2.28. The van der Waals surface area contributed by atoms with Gasteiger partial charge in [-0.2, -0.15) is 4.37 Å². The predicted octanol–water partition coefficient (Wildman–Crippen LogP) is 2.76. The first-order chi connectivity index (χ1) is 12.1. The van der Waals surface area contributed by atoms with Crippen LogP contribution in [0.25, 0.3) is 0 Å². The molecule has 1 aromatic carbocycles. The minimum absolute atomic E-state index is 0.0497. The molecule has 0 spiro atoms. The van der Waals surface area contributed by atoms with Crippen LogP contribution in [0.5, 0.6) is 5.75 Å². The second-order valence-electron chi connectivity index (χ2n) is 6.20. The van der Waals surface area contributed by atoms with E-state index in [1.54, 1.807) is 7.11 Å². The molecule has 1 aliphatic rings. The van der Waals surface area contributed by atoms with Gasteiger partial charge < -0.3 is 20.3 Å². The maximum atomic E-state index is 12.5. The zero-order valence-electron chi connectivity index (χ0n) is 14.8. The summed E-state index contributed by atoms with van der Waals surface area (Å²) in [6.45, 7) is 4.43. The summed E-state index contributed by atoms with van der Waals surface area (Å²) in [5.41, 5.74) is 2.55. The summed E-state index contributed by atoms with van der Waals surface area (Å²) in [5, 5.41) is 6.93. The van der Waals surface area contributed by atoms with E-state index in [2.05, 4.69) is 26.0 Å².